The van der Waals surface area contributed by atoms with Crippen LogP contribution in [0.2, 0.25) is 0 Å². The highest BCUT2D eigenvalue weighted by atomic mass is 16.5. The van der Waals surface area contributed by atoms with Crippen molar-refractivity contribution in [1.82, 2.24) is 5.32 Å². The average Bonchev–Trinajstić information content (AvgIpc) is 2.50. The fourth-order valence-electron chi connectivity index (χ4n) is 2.80. The highest BCUT2D eigenvalue weighted by Crippen LogP contribution is 2.22. The van der Waals surface area contributed by atoms with E-state index < -0.39 is 6.10 Å². The molecule has 2 aromatic rings. The van der Waals surface area contributed by atoms with E-state index >= 15 is 0 Å². The zero-order valence-electron chi connectivity index (χ0n) is 15.4. The molecule has 0 spiro atoms. The van der Waals surface area contributed by atoms with Gasteiger partial charge in [0.15, 0.2) is 6.10 Å². The molecule has 0 radical (unpaired) electrons. The topological polar surface area (TPSA) is 38.3 Å². The Morgan fingerprint density at radius 3 is 2.21 bits per heavy atom. The van der Waals surface area contributed by atoms with Gasteiger partial charge in [-0.25, -0.2) is 0 Å². The number of aryl methyl sites for hydroxylation is 4. The summed E-state index contributed by atoms with van der Waals surface area (Å²) in [6.07, 6.45) is -0.543. The first-order valence-corrected chi connectivity index (χ1v) is 8.39. The standard InChI is InChI=1S/C21H27NO2/c1-13-8-10-19(16(4)11-13)17(5)22-21(23)18(6)24-20-12-14(2)7-9-15(20)3/h7-12,17-18H,1-6H3,(H,22,23)/t17-,18+/m1/s1. The lowest BCUT2D eigenvalue weighted by Gasteiger charge is -2.21. The zero-order valence-corrected chi connectivity index (χ0v) is 15.4. The van der Waals surface area contributed by atoms with Crippen LogP contribution >= 0.6 is 0 Å². The summed E-state index contributed by atoms with van der Waals surface area (Å²) in [6.45, 7) is 11.9. The molecule has 128 valence electrons. The smallest absolute Gasteiger partial charge is 0.261 e. The molecular weight excluding hydrogens is 298 g/mol. The van der Waals surface area contributed by atoms with E-state index in [1.807, 2.05) is 39.0 Å². The van der Waals surface area contributed by atoms with Crippen molar-refractivity contribution in [3.63, 3.8) is 0 Å². The van der Waals surface area contributed by atoms with Crippen molar-refractivity contribution in [1.29, 1.82) is 0 Å². The summed E-state index contributed by atoms with van der Waals surface area (Å²) in [6, 6.07) is 12.2. The van der Waals surface area contributed by atoms with Crippen molar-refractivity contribution in [2.45, 2.75) is 53.7 Å². The van der Waals surface area contributed by atoms with E-state index in [1.54, 1.807) is 6.92 Å². The molecule has 0 bridgehead atoms. The second kappa shape index (κ2) is 7.52. The molecule has 3 nitrogen and oxygen atoms in total. The second-order valence-electron chi connectivity index (χ2n) is 6.62. The SMILES string of the molecule is Cc1ccc([C@@H](C)NC(=O)[C@H](C)Oc2cc(C)ccc2C)c(C)c1. The first kappa shape index (κ1) is 18.1. The van der Waals surface area contributed by atoms with Gasteiger partial charge in [0.1, 0.15) is 5.75 Å². The van der Waals surface area contributed by atoms with Crippen molar-refractivity contribution in [3.8, 4) is 5.75 Å². The molecule has 0 saturated heterocycles. The third-order valence-corrected chi connectivity index (χ3v) is 4.27. The Balaban J connectivity index is 2.04. The second-order valence-corrected chi connectivity index (χ2v) is 6.62. The lowest BCUT2D eigenvalue weighted by Crippen LogP contribution is -2.38. The van der Waals surface area contributed by atoms with Crippen LogP contribution in [0.15, 0.2) is 36.4 Å². The van der Waals surface area contributed by atoms with Crippen LogP contribution in [-0.4, -0.2) is 12.0 Å². The van der Waals surface area contributed by atoms with Gasteiger partial charge in [-0.05, 0) is 69.9 Å². The maximum atomic E-state index is 12.5. The Labute approximate surface area is 145 Å². The van der Waals surface area contributed by atoms with Crippen molar-refractivity contribution < 1.29 is 9.53 Å². The van der Waals surface area contributed by atoms with E-state index in [-0.39, 0.29) is 11.9 Å². The molecule has 24 heavy (non-hydrogen) atoms. The van der Waals surface area contributed by atoms with Gasteiger partial charge < -0.3 is 10.1 Å². The van der Waals surface area contributed by atoms with Gasteiger partial charge in [-0.2, -0.15) is 0 Å². The monoisotopic (exact) mass is 325 g/mol. The van der Waals surface area contributed by atoms with E-state index in [0.717, 1.165) is 22.4 Å². The minimum Gasteiger partial charge on any atom is -0.481 e. The normalized spacial score (nSPS) is 13.2. The Hall–Kier alpha value is -2.29. The predicted octanol–water partition coefficient (Wildman–Crippen LogP) is 4.56. The van der Waals surface area contributed by atoms with E-state index in [4.69, 9.17) is 4.74 Å². The van der Waals surface area contributed by atoms with Crippen LogP contribution in [0.4, 0.5) is 0 Å². The van der Waals surface area contributed by atoms with Crippen molar-refractivity contribution >= 4 is 5.91 Å². The quantitative estimate of drug-likeness (QED) is 0.875. The molecule has 0 saturated carbocycles. The molecule has 0 heterocycles. The number of ether oxygens (including phenoxy) is 1. The van der Waals surface area contributed by atoms with Crippen LogP contribution in [0.5, 0.6) is 5.75 Å². The molecule has 2 atom stereocenters. The Bertz CT molecular complexity index is 737. The van der Waals surface area contributed by atoms with E-state index in [2.05, 4.69) is 37.4 Å². The van der Waals surface area contributed by atoms with Crippen LogP contribution in [-0.2, 0) is 4.79 Å². The maximum Gasteiger partial charge on any atom is 0.261 e. The number of carbonyl (C=O) groups excluding carboxylic acids is 1. The molecule has 2 aromatic carbocycles. The zero-order chi connectivity index (χ0) is 17.9. The molecule has 1 N–H and O–H groups in total. The number of benzene rings is 2. The van der Waals surface area contributed by atoms with Gasteiger partial charge in [0.05, 0.1) is 6.04 Å². The van der Waals surface area contributed by atoms with Crippen LogP contribution < -0.4 is 10.1 Å². The summed E-state index contributed by atoms with van der Waals surface area (Å²) in [4.78, 5) is 12.5. The van der Waals surface area contributed by atoms with E-state index in [9.17, 15) is 4.79 Å². The van der Waals surface area contributed by atoms with Gasteiger partial charge in [0.25, 0.3) is 5.91 Å². The van der Waals surface area contributed by atoms with Crippen LogP contribution in [0, 0.1) is 27.7 Å². The van der Waals surface area contributed by atoms with E-state index in [1.165, 1.54) is 11.1 Å². The summed E-state index contributed by atoms with van der Waals surface area (Å²) < 4.78 is 5.86. The Kier molecular flexibility index (Phi) is 5.66. The van der Waals surface area contributed by atoms with E-state index in [0.29, 0.717) is 0 Å². The first-order valence-electron chi connectivity index (χ1n) is 8.39. The minimum atomic E-state index is -0.543. The van der Waals surface area contributed by atoms with Gasteiger partial charge in [-0.1, -0.05) is 35.9 Å². The fraction of sp³-hybridized carbons (Fsp3) is 0.381. The first-order chi connectivity index (χ1) is 11.3. The molecule has 0 aliphatic rings. The summed E-state index contributed by atoms with van der Waals surface area (Å²) in [5, 5.41) is 3.05. The molecule has 2 rings (SSSR count). The van der Waals surface area contributed by atoms with Gasteiger partial charge in [0.2, 0.25) is 0 Å². The number of hydrogen-bond donors (Lipinski definition) is 1. The van der Waals surface area contributed by atoms with Crippen molar-refractivity contribution in [3.05, 3.63) is 64.2 Å². The lowest BCUT2D eigenvalue weighted by molar-refractivity contribution is -0.127. The molecule has 0 aliphatic carbocycles. The molecule has 0 unspecified atom stereocenters. The summed E-state index contributed by atoms with van der Waals surface area (Å²) >= 11 is 0. The van der Waals surface area contributed by atoms with Crippen molar-refractivity contribution in [2.75, 3.05) is 0 Å². The Morgan fingerprint density at radius 1 is 0.917 bits per heavy atom. The maximum absolute atomic E-state index is 12.5. The van der Waals surface area contributed by atoms with Gasteiger partial charge in [0, 0.05) is 0 Å². The van der Waals surface area contributed by atoms with Crippen molar-refractivity contribution in [2.24, 2.45) is 0 Å². The number of amides is 1. The summed E-state index contributed by atoms with van der Waals surface area (Å²) in [7, 11) is 0. The third kappa shape index (κ3) is 4.38. The predicted molar refractivity (Wildman–Crippen MR) is 98.5 cm³/mol. The van der Waals surface area contributed by atoms with Gasteiger partial charge in [-0.3, -0.25) is 4.79 Å². The number of carbonyl (C=O) groups is 1. The van der Waals surface area contributed by atoms with Gasteiger partial charge in [-0.15, -0.1) is 0 Å². The third-order valence-electron chi connectivity index (χ3n) is 4.27. The molecule has 0 aliphatic heterocycles. The molecule has 3 heteroatoms. The highest BCUT2D eigenvalue weighted by molar-refractivity contribution is 5.81. The molecular formula is C21H27NO2. The molecule has 0 aromatic heterocycles. The van der Waals surface area contributed by atoms with Crippen LogP contribution in [0.25, 0.3) is 0 Å². The highest BCUT2D eigenvalue weighted by Gasteiger charge is 2.19. The minimum absolute atomic E-state index is 0.0530. The average molecular weight is 325 g/mol. The summed E-state index contributed by atoms with van der Waals surface area (Å²) in [5.41, 5.74) is 5.69. The number of hydrogen-bond acceptors (Lipinski definition) is 2. The number of rotatable bonds is 5. The fourth-order valence-corrected chi connectivity index (χ4v) is 2.80. The number of nitrogens with one attached hydrogen (secondary N) is 1. The lowest BCUT2D eigenvalue weighted by atomic mass is 10.00. The van der Waals surface area contributed by atoms with Gasteiger partial charge >= 0.3 is 0 Å². The van der Waals surface area contributed by atoms with Crippen LogP contribution in [0.1, 0.15) is 47.7 Å². The molecule has 0 fully saturated rings. The largest absolute Gasteiger partial charge is 0.481 e. The van der Waals surface area contributed by atoms with Crippen LogP contribution in [0.3, 0.4) is 0 Å². The summed E-state index contributed by atoms with van der Waals surface area (Å²) in [5.74, 6) is 0.653. The molecule has 1 amide bonds. The Morgan fingerprint density at radius 2 is 1.54 bits per heavy atom.